The van der Waals surface area contributed by atoms with Gasteiger partial charge in [-0.15, -0.1) is 0 Å². The molecule has 0 atom stereocenters. The topological polar surface area (TPSA) is 58.4 Å². The average molecular weight is 273 g/mol. The van der Waals surface area contributed by atoms with E-state index in [4.69, 9.17) is 4.42 Å². The lowest BCUT2D eigenvalue weighted by atomic mass is 10.2. The van der Waals surface area contributed by atoms with Gasteiger partial charge in [-0.05, 0) is 31.2 Å². The van der Waals surface area contributed by atoms with Crippen LogP contribution in [0.3, 0.4) is 0 Å². The molecule has 2 rings (SSSR count). The van der Waals surface area contributed by atoms with Crippen LogP contribution in [0.1, 0.15) is 22.0 Å². The van der Waals surface area contributed by atoms with Crippen LogP contribution in [-0.2, 0) is 6.42 Å². The van der Waals surface area contributed by atoms with Crippen molar-refractivity contribution in [3.05, 3.63) is 47.7 Å². The number of carbonyl (C=O) groups is 1. The Morgan fingerprint density at radius 3 is 2.55 bits per heavy atom. The van der Waals surface area contributed by atoms with Crippen molar-refractivity contribution in [3.63, 3.8) is 0 Å². The zero-order chi connectivity index (χ0) is 14.5. The molecule has 0 spiro atoms. The van der Waals surface area contributed by atoms with Gasteiger partial charge in [-0.1, -0.05) is 0 Å². The van der Waals surface area contributed by atoms with Crippen LogP contribution < -0.4 is 10.2 Å². The Kier molecular flexibility index (Phi) is 4.40. The van der Waals surface area contributed by atoms with E-state index in [1.54, 1.807) is 6.20 Å². The number of anilines is 1. The Bertz CT molecular complexity index is 573. The minimum absolute atomic E-state index is 0.0846. The molecule has 0 unspecified atom stereocenters. The van der Waals surface area contributed by atoms with Crippen molar-refractivity contribution in [2.24, 2.45) is 0 Å². The first kappa shape index (κ1) is 14.1. The summed E-state index contributed by atoms with van der Waals surface area (Å²) in [7, 11) is 3.93. The van der Waals surface area contributed by atoms with E-state index < -0.39 is 0 Å². The highest BCUT2D eigenvalue weighted by molar-refractivity contribution is 5.94. The summed E-state index contributed by atoms with van der Waals surface area (Å²) in [6.45, 7) is 2.36. The number of hydrogen-bond acceptors (Lipinski definition) is 4. The fourth-order valence-corrected chi connectivity index (χ4v) is 1.81. The summed E-state index contributed by atoms with van der Waals surface area (Å²) >= 11 is 0. The third-order valence-corrected chi connectivity index (χ3v) is 2.94. The van der Waals surface area contributed by atoms with Crippen molar-refractivity contribution in [2.45, 2.75) is 13.3 Å². The monoisotopic (exact) mass is 273 g/mol. The molecule has 1 amide bonds. The lowest BCUT2D eigenvalue weighted by Crippen LogP contribution is -2.25. The smallest absolute Gasteiger partial charge is 0.251 e. The van der Waals surface area contributed by atoms with E-state index in [1.165, 1.54) is 0 Å². The van der Waals surface area contributed by atoms with Gasteiger partial charge in [0.15, 0.2) is 5.89 Å². The molecule has 1 aromatic heterocycles. The van der Waals surface area contributed by atoms with E-state index in [2.05, 4.69) is 10.3 Å². The molecule has 5 heteroatoms. The summed E-state index contributed by atoms with van der Waals surface area (Å²) in [5, 5.41) is 2.85. The minimum Gasteiger partial charge on any atom is -0.446 e. The maximum absolute atomic E-state index is 11.9. The van der Waals surface area contributed by atoms with E-state index in [-0.39, 0.29) is 5.91 Å². The van der Waals surface area contributed by atoms with Crippen LogP contribution in [0.15, 0.2) is 34.9 Å². The number of rotatable bonds is 5. The average Bonchev–Trinajstić information content (AvgIpc) is 2.84. The van der Waals surface area contributed by atoms with Gasteiger partial charge in [-0.2, -0.15) is 0 Å². The normalized spacial score (nSPS) is 10.3. The van der Waals surface area contributed by atoms with Crippen LogP contribution in [0.2, 0.25) is 0 Å². The van der Waals surface area contributed by atoms with E-state index in [0.29, 0.717) is 24.4 Å². The number of oxazole rings is 1. The van der Waals surface area contributed by atoms with E-state index in [1.807, 2.05) is 50.2 Å². The highest BCUT2D eigenvalue weighted by atomic mass is 16.4. The molecular weight excluding hydrogens is 254 g/mol. The van der Waals surface area contributed by atoms with E-state index in [0.717, 1.165) is 11.4 Å². The fourth-order valence-electron chi connectivity index (χ4n) is 1.81. The summed E-state index contributed by atoms with van der Waals surface area (Å²) in [6, 6.07) is 7.48. The minimum atomic E-state index is -0.0846. The van der Waals surface area contributed by atoms with Crippen LogP contribution in [0.4, 0.5) is 5.69 Å². The Morgan fingerprint density at radius 1 is 1.30 bits per heavy atom. The number of benzene rings is 1. The van der Waals surface area contributed by atoms with Crippen molar-refractivity contribution < 1.29 is 9.21 Å². The zero-order valence-corrected chi connectivity index (χ0v) is 12.0. The number of aryl methyl sites for hydroxylation is 1. The molecule has 0 aliphatic rings. The molecule has 0 radical (unpaired) electrons. The van der Waals surface area contributed by atoms with Gasteiger partial charge >= 0.3 is 0 Å². The van der Waals surface area contributed by atoms with Gasteiger partial charge < -0.3 is 14.6 Å². The molecule has 1 heterocycles. The highest BCUT2D eigenvalue weighted by Gasteiger charge is 2.06. The maximum Gasteiger partial charge on any atom is 0.251 e. The first-order valence-corrected chi connectivity index (χ1v) is 6.53. The molecule has 5 nitrogen and oxygen atoms in total. The molecule has 1 aromatic carbocycles. The summed E-state index contributed by atoms with van der Waals surface area (Å²) in [6.07, 6.45) is 2.27. The molecule has 20 heavy (non-hydrogen) atoms. The molecule has 1 N–H and O–H groups in total. The largest absolute Gasteiger partial charge is 0.446 e. The number of nitrogens with one attached hydrogen (secondary N) is 1. The SMILES string of the molecule is Cc1cnc(CCNC(=O)c2ccc(N(C)C)cc2)o1. The summed E-state index contributed by atoms with van der Waals surface area (Å²) in [5.41, 5.74) is 1.72. The van der Waals surface area contributed by atoms with Gasteiger partial charge in [0.2, 0.25) is 0 Å². The Hall–Kier alpha value is -2.30. The summed E-state index contributed by atoms with van der Waals surface area (Å²) in [5.74, 6) is 1.34. The van der Waals surface area contributed by atoms with Crippen molar-refractivity contribution in [1.82, 2.24) is 10.3 Å². The lowest BCUT2D eigenvalue weighted by molar-refractivity contribution is 0.0953. The second-order valence-corrected chi connectivity index (χ2v) is 4.81. The standard InChI is InChI=1S/C15H19N3O2/c1-11-10-17-14(20-11)8-9-16-15(19)12-4-6-13(7-5-12)18(2)3/h4-7,10H,8-9H2,1-3H3,(H,16,19). The van der Waals surface area contributed by atoms with Crippen LogP contribution in [-0.4, -0.2) is 31.5 Å². The van der Waals surface area contributed by atoms with Gasteiger partial charge in [0.05, 0.1) is 6.20 Å². The molecule has 106 valence electrons. The second kappa shape index (κ2) is 6.23. The van der Waals surface area contributed by atoms with E-state index >= 15 is 0 Å². The molecule has 0 aliphatic carbocycles. The molecule has 0 saturated carbocycles. The number of amides is 1. The third-order valence-electron chi connectivity index (χ3n) is 2.94. The predicted molar refractivity (Wildman–Crippen MR) is 78.0 cm³/mol. The van der Waals surface area contributed by atoms with E-state index in [9.17, 15) is 4.79 Å². The molecular formula is C15H19N3O2. The molecule has 0 fully saturated rings. The Morgan fingerprint density at radius 2 is 2.00 bits per heavy atom. The van der Waals surface area contributed by atoms with Gasteiger partial charge in [0.25, 0.3) is 5.91 Å². The van der Waals surface area contributed by atoms with Crippen LogP contribution >= 0.6 is 0 Å². The Labute approximate surface area is 118 Å². The molecule has 2 aromatic rings. The Balaban J connectivity index is 1.85. The quantitative estimate of drug-likeness (QED) is 0.905. The van der Waals surface area contributed by atoms with Gasteiger partial charge in [-0.3, -0.25) is 4.79 Å². The second-order valence-electron chi connectivity index (χ2n) is 4.81. The number of nitrogens with zero attached hydrogens (tertiary/aromatic N) is 2. The zero-order valence-electron chi connectivity index (χ0n) is 12.0. The van der Waals surface area contributed by atoms with Crippen LogP contribution in [0.25, 0.3) is 0 Å². The van der Waals surface area contributed by atoms with Crippen molar-refractivity contribution >= 4 is 11.6 Å². The molecule has 0 bridgehead atoms. The number of aromatic nitrogens is 1. The van der Waals surface area contributed by atoms with Crippen LogP contribution in [0.5, 0.6) is 0 Å². The molecule has 0 aliphatic heterocycles. The summed E-state index contributed by atoms with van der Waals surface area (Å²) in [4.78, 5) is 18.0. The lowest BCUT2D eigenvalue weighted by Gasteiger charge is -2.12. The highest BCUT2D eigenvalue weighted by Crippen LogP contribution is 2.12. The fraction of sp³-hybridized carbons (Fsp3) is 0.333. The van der Waals surface area contributed by atoms with Gasteiger partial charge in [0, 0.05) is 38.3 Å². The van der Waals surface area contributed by atoms with Crippen molar-refractivity contribution in [3.8, 4) is 0 Å². The maximum atomic E-state index is 11.9. The number of hydrogen-bond donors (Lipinski definition) is 1. The number of carbonyl (C=O) groups excluding carboxylic acids is 1. The van der Waals surface area contributed by atoms with Gasteiger partial charge in [-0.25, -0.2) is 4.98 Å². The third kappa shape index (κ3) is 3.60. The first-order valence-electron chi connectivity index (χ1n) is 6.53. The first-order chi connectivity index (χ1) is 9.56. The van der Waals surface area contributed by atoms with Crippen LogP contribution in [0, 0.1) is 6.92 Å². The summed E-state index contributed by atoms with van der Waals surface area (Å²) < 4.78 is 5.35. The van der Waals surface area contributed by atoms with Gasteiger partial charge in [0.1, 0.15) is 5.76 Å². The van der Waals surface area contributed by atoms with Crippen molar-refractivity contribution in [1.29, 1.82) is 0 Å². The molecule has 0 saturated heterocycles. The predicted octanol–water partition coefficient (Wildman–Crippen LogP) is 2.02. The van der Waals surface area contributed by atoms with Crippen molar-refractivity contribution in [2.75, 3.05) is 25.5 Å².